The van der Waals surface area contributed by atoms with Gasteiger partial charge in [0.15, 0.2) is 17.5 Å². The summed E-state index contributed by atoms with van der Waals surface area (Å²) in [6, 6.07) is 41.6. The smallest absolute Gasteiger partial charge is 0.167 e. The summed E-state index contributed by atoms with van der Waals surface area (Å²) in [5.74, 6) is 1.44. The molecule has 0 atom stereocenters. The lowest BCUT2D eigenvalue weighted by Gasteiger charge is -2.24. The van der Waals surface area contributed by atoms with Crippen molar-refractivity contribution < 1.29 is 8.83 Å². The minimum absolute atomic E-state index is 0.0723. The zero-order chi connectivity index (χ0) is 45.3. The standard InChI is InChI=1S/C51H21B9N4O2/c52-36-35-31-20-23(17-19-32(31)64(45(35)42(58)39(55)37(36)53)46-43(59)40(56)38(54)41(57)44(46)60)25-11-6-12-28-29-13-7-14-30(48(29)66-47(25)28)51-62-49(22-8-2-1-3-9-22)61-50(63-51)24-16-18-27-26-10-4-5-15-33(26)65-34(27)21-24/h1-21H. The predicted octanol–water partition coefficient (Wildman–Crippen LogP) is 2.58. The monoisotopic (exact) mass is 820 g/mol. The SMILES string of the molecule is [B]c1c([B])c([B])c(-n2c3ccc(-c4cccc5c4oc4c(-c6nc(-c7ccccc7)nc(-c7ccc8c(c7)oc7ccccc78)n6)cccc45)cc3c3c([B])c([B])c([B])c([B])c32)c([B])c1[B]. The Morgan fingerprint density at radius 3 is 1.67 bits per heavy atom. The van der Waals surface area contributed by atoms with Crippen molar-refractivity contribution in [2.45, 2.75) is 0 Å². The molecule has 0 bridgehead atoms. The van der Waals surface area contributed by atoms with Crippen molar-refractivity contribution >= 4 is 185 Å². The molecular weight excluding hydrogens is 798 g/mol. The minimum Gasteiger partial charge on any atom is -0.456 e. The fourth-order valence-corrected chi connectivity index (χ4v) is 9.28. The van der Waals surface area contributed by atoms with Crippen LogP contribution in [-0.2, 0) is 0 Å². The maximum absolute atomic E-state index is 6.95. The van der Waals surface area contributed by atoms with Crippen LogP contribution in [0.4, 0.5) is 0 Å². The molecule has 0 amide bonds. The first-order chi connectivity index (χ1) is 32.0. The largest absolute Gasteiger partial charge is 0.456 e. The molecule has 0 saturated heterocycles. The lowest BCUT2D eigenvalue weighted by molar-refractivity contribution is 0.669. The molecule has 66 heavy (non-hydrogen) atoms. The molecule has 0 unspecified atom stereocenters. The van der Waals surface area contributed by atoms with E-state index in [0.29, 0.717) is 56.0 Å². The van der Waals surface area contributed by atoms with Crippen molar-refractivity contribution in [3.05, 3.63) is 127 Å². The van der Waals surface area contributed by atoms with Gasteiger partial charge in [0.2, 0.25) is 0 Å². The van der Waals surface area contributed by atoms with Crippen LogP contribution in [0.25, 0.3) is 117 Å². The van der Waals surface area contributed by atoms with Crippen LogP contribution >= 0.6 is 0 Å². The highest BCUT2D eigenvalue weighted by molar-refractivity contribution is 6.69. The number of para-hydroxylation sites is 3. The van der Waals surface area contributed by atoms with Crippen LogP contribution in [-0.4, -0.2) is 90.1 Å². The van der Waals surface area contributed by atoms with E-state index in [2.05, 4.69) is 6.07 Å². The first-order valence-corrected chi connectivity index (χ1v) is 20.9. The van der Waals surface area contributed by atoms with Crippen LogP contribution in [0.1, 0.15) is 0 Å². The van der Waals surface area contributed by atoms with E-state index in [9.17, 15) is 0 Å². The van der Waals surface area contributed by atoms with E-state index in [1.54, 1.807) is 4.57 Å². The topological polar surface area (TPSA) is 69.9 Å². The number of hydrogen-bond donors (Lipinski definition) is 0. The van der Waals surface area contributed by atoms with Crippen molar-refractivity contribution in [2.75, 3.05) is 0 Å². The predicted molar refractivity (Wildman–Crippen MR) is 279 cm³/mol. The summed E-state index contributed by atoms with van der Waals surface area (Å²) in [5, 5.41) is 5.01. The van der Waals surface area contributed by atoms with Gasteiger partial charge < -0.3 is 13.4 Å². The Bertz CT molecular complexity index is 4040. The van der Waals surface area contributed by atoms with Crippen LogP contribution in [0.3, 0.4) is 0 Å². The maximum atomic E-state index is 6.95. The van der Waals surface area contributed by atoms with Gasteiger partial charge in [0, 0.05) is 54.8 Å². The van der Waals surface area contributed by atoms with Gasteiger partial charge >= 0.3 is 0 Å². The van der Waals surface area contributed by atoms with E-state index in [-0.39, 0.29) is 54.9 Å². The zero-order valence-electron chi connectivity index (χ0n) is 34.9. The van der Waals surface area contributed by atoms with Gasteiger partial charge in [-0.1, -0.05) is 113 Å². The first kappa shape index (κ1) is 40.3. The molecular formula is C51H21B9N4O2. The van der Waals surface area contributed by atoms with Gasteiger partial charge in [0.05, 0.1) is 11.1 Å². The molecule has 4 aromatic heterocycles. The Morgan fingerprint density at radius 2 is 0.924 bits per heavy atom. The van der Waals surface area contributed by atoms with Crippen molar-refractivity contribution in [3.63, 3.8) is 0 Å². The van der Waals surface area contributed by atoms with Crippen LogP contribution in [0.2, 0.25) is 0 Å². The highest BCUT2D eigenvalue weighted by Crippen LogP contribution is 2.41. The fraction of sp³-hybridized carbons (Fsp3) is 0. The molecule has 0 saturated carbocycles. The summed E-state index contributed by atoms with van der Waals surface area (Å²) < 4.78 is 15.0. The van der Waals surface area contributed by atoms with Gasteiger partial charge in [-0.25, -0.2) is 15.0 Å². The third kappa shape index (κ3) is 5.84. The summed E-state index contributed by atoms with van der Waals surface area (Å²) in [5.41, 5.74) is 9.07. The maximum Gasteiger partial charge on any atom is 0.167 e. The number of rotatable bonds is 5. The molecule has 0 aliphatic rings. The molecule has 6 nitrogen and oxygen atoms in total. The van der Waals surface area contributed by atoms with E-state index in [4.69, 9.17) is 94.4 Å². The molecule has 12 aromatic rings. The molecule has 0 aliphatic heterocycles. The van der Waals surface area contributed by atoms with Gasteiger partial charge in [-0.05, 0) is 47.3 Å². The Morgan fingerprint density at radius 1 is 0.364 bits per heavy atom. The average Bonchev–Trinajstić information content (AvgIpc) is 4.03. The van der Waals surface area contributed by atoms with Crippen molar-refractivity contribution in [1.82, 2.24) is 19.5 Å². The number of aromatic nitrogens is 4. The van der Waals surface area contributed by atoms with Crippen LogP contribution in [0, 0.1) is 0 Å². The molecule has 284 valence electrons. The lowest BCUT2D eigenvalue weighted by Crippen LogP contribution is -2.56. The zero-order valence-corrected chi connectivity index (χ0v) is 34.9. The van der Waals surface area contributed by atoms with Crippen molar-refractivity contribution in [2.24, 2.45) is 0 Å². The quantitative estimate of drug-likeness (QED) is 0.250. The molecule has 15 heteroatoms. The Labute approximate surface area is 390 Å². The fourth-order valence-electron chi connectivity index (χ4n) is 9.28. The lowest BCUT2D eigenvalue weighted by atomic mass is 9.61. The minimum atomic E-state index is 0.0723. The Kier molecular flexibility index (Phi) is 9.09. The molecule has 8 aromatic carbocycles. The number of fused-ring (bicyclic) bond motifs is 9. The van der Waals surface area contributed by atoms with Crippen LogP contribution in [0.5, 0.6) is 0 Å². The molecule has 0 spiro atoms. The van der Waals surface area contributed by atoms with Crippen molar-refractivity contribution in [3.8, 4) is 51.0 Å². The molecule has 0 fully saturated rings. The second-order valence-corrected chi connectivity index (χ2v) is 16.3. The molecule has 4 heterocycles. The van der Waals surface area contributed by atoms with E-state index >= 15 is 0 Å². The van der Waals surface area contributed by atoms with Gasteiger partial charge in [-0.3, -0.25) is 0 Å². The van der Waals surface area contributed by atoms with E-state index in [1.165, 1.54) is 0 Å². The average molecular weight is 819 g/mol. The van der Waals surface area contributed by atoms with Gasteiger partial charge in [0.1, 0.15) is 92.9 Å². The summed E-state index contributed by atoms with van der Waals surface area (Å²) >= 11 is 0. The van der Waals surface area contributed by atoms with Gasteiger partial charge in [0.25, 0.3) is 0 Å². The number of nitrogens with zero attached hydrogens (tertiary/aromatic N) is 4. The Hall–Kier alpha value is -7.25. The number of furan rings is 2. The number of benzene rings is 8. The molecule has 0 aliphatic carbocycles. The van der Waals surface area contributed by atoms with Crippen LogP contribution in [0.15, 0.2) is 136 Å². The second kappa shape index (κ2) is 14.9. The van der Waals surface area contributed by atoms with Gasteiger partial charge in [-0.15, -0.1) is 27.3 Å². The summed E-state index contributed by atoms with van der Waals surface area (Å²) in [6.45, 7) is 0. The summed E-state index contributed by atoms with van der Waals surface area (Å²) in [6.07, 6.45) is 0. The van der Waals surface area contributed by atoms with E-state index in [0.717, 1.165) is 55.0 Å². The summed E-state index contributed by atoms with van der Waals surface area (Å²) in [7, 11) is 58.7. The second-order valence-electron chi connectivity index (χ2n) is 16.3. The van der Waals surface area contributed by atoms with E-state index < -0.39 is 0 Å². The molecule has 0 N–H and O–H groups in total. The highest BCUT2D eigenvalue weighted by Gasteiger charge is 2.24. The van der Waals surface area contributed by atoms with Crippen LogP contribution < -0.4 is 49.2 Å². The highest BCUT2D eigenvalue weighted by atomic mass is 16.3. The first-order valence-electron chi connectivity index (χ1n) is 20.9. The summed E-state index contributed by atoms with van der Waals surface area (Å²) in [4.78, 5) is 15.1. The normalized spacial score (nSPS) is 11.9. The number of hydrogen-bond acceptors (Lipinski definition) is 5. The Balaban J connectivity index is 1.06. The van der Waals surface area contributed by atoms with Crippen molar-refractivity contribution in [1.29, 1.82) is 0 Å². The van der Waals surface area contributed by atoms with E-state index in [1.807, 2.05) is 121 Å². The third-order valence-electron chi connectivity index (χ3n) is 12.6. The molecule has 12 rings (SSSR count). The molecule has 18 radical (unpaired) electrons. The van der Waals surface area contributed by atoms with Gasteiger partial charge in [-0.2, -0.15) is 0 Å². The third-order valence-corrected chi connectivity index (χ3v) is 12.6.